The molecule has 0 saturated heterocycles. The molecule has 1 rings (SSSR count). The van der Waals surface area contributed by atoms with Crippen molar-refractivity contribution < 1.29 is 13.5 Å². The molecule has 0 aliphatic heterocycles. The van der Waals surface area contributed by atoms with E-state index in [4.69, 9.17) is 5.11 Å². The number of nitrogens with zero attached hydrogens (tertiary/aromatic N) is 1. The molecular formula is C14H23NO3S. The number of sulfonamides is 1. The van der Waals surface area contributed by atoms with Crippen molar-refractivity contribution in [1.29, 1.82) is 0 Å². The SMILES string of the molecule is CCCN(C(C)C)S(=O)(=O)Cc1ccc(CO)cc1. The highest BCUT2D eigenvalue weighted by molar-refractivity contribution is 7.88. The van der Waals surface area contributed by atoms with Crippen molar-refractivity contribution in [3.8, 4) is 0 Å². The highest BCUT2D eigenvalue weighted by Gasteiger charge is 2.24. The van der Waals surface area contributed by atoms with Crippen molar-refractivity contribution in [3.63, 3.8) is 0 Å². The average Bonchev–Trinajstić information content (AvgIpc) is 2.35. The molecule has 1 aromatic carbocycles. The standard InChI is InChI=1S/C14H23NO3S/c1-4-9-15(12(2)3)19(17,18)11-14-7-5-13(10-16)6-8-14/h5-8,12,16H,4,9-11H2,1-3H3. The van der Waals surface area contributed by atoms with Crippen LogP contribution in [0.1, 0.15) is 38.3 Å². The van der Waals surface area contributed by atoms with Crippen LogP contribution in [-0.4, -0.2) is 30.4 Å². The molecule has 19 heavy (non-hydrogen) atoms. The van der Waals surface area contributed by atoms with E-state index in [0.29, 0.717) is 6.54 Å². The molecule has 0 atom stereocenters. The van der Waals surface area contributed by atoms with E-state index in [1.165, 1.54) is 0 Å². The molecule has 0 aromatic heterocycles. The topological polar surface area (TPSA) is 57.6 Å². The van der Waals surface area contributed by atoms with E-state index < -0.39 is 10.0 Å². The Morgan fingerprint density at radius 1 is 1.16 bits per heavy atom. The predicted molar refractivity (Wildman–Crippen MR) is 77.1 cm³/mol. The summed E-state index contributed by atoms with van der Waals surface area (Å²) in [5.41, 5.74) is 1.54. The first-order chi connectivity index (χ1) is 8.90. The highest BCUT2D eigenvalue weighted by Crippen LogP contribution is 2.15. The minimum absolute atomic E-state index is 0.0108. The van der Waals surface area contributed by atoms with E-state index in [1.54, 1.807) is 28.6 Å². The lowest BCUT2D eigenvalue weighted by atomic mass is 10.2. The number of benzene rings is 1. The first kappa shape index (κ1) is 16.1. The zero-order valence-corrected chi connectivity index (χ0v) is 12.7. The van der Waals surface area contributed by atoms with Crippen LogP contribution < -0.4 is 0 Å². The molecule has 0 bridgehead atoms. The Morgan fingerprint density at radius 3 is 2.11 bits per heavy atom. The van der Waals surface area contributed by atoms with Gasteiger partial charge in [-0.25, -0.2) is 8.42 Å². The molecule has 5 heteroatoms. The van der Waals surface area contributed by atoms with Crippen LogP contribution in [0.2, 0.25) is 0 Å². The molecular weight excluding hydrogens is 262 g/mol. The minimum Gasteiger partial charge on any atom is -0.392 e. The second-order valence-corrected chi connectivity index (χ2v) is 6.86. The van der Waals surface area contributed by atoms with Crippen molar-refractivity contribution >= 4 is 10.0 Å². The van der Waals surface area contributed by atoms with E-state index >= 15 is 0 Å². The molecule has 1 aromatic rings. The van der Waals surface area contributed by atoms with Gasteiger partial charge in [0.1, 0.15) is 0 Å². The Kier molecular flexibility index (Phi) is 5.97. The average molecular weight is 285 g/mol. The summed E-state index contributed by atoms with van der Waals surface area (Å²) in [6, 6.07) is 7.00. The van der Waals surface area contributed by atoms with Gasteiger partial charge < -0.3 is 5.11 Å². The van der Waals surface area contributed by atoms with Crippen molar-refractivity contribution in [2.75, 3.05) is 6.54 Å². The maximum atomic E-state index is 12.4. The first-order valence-electron chi connectivity index (χ1n) is 6.59. The van der Waals surface area contributed by atoms with Gasteiger partial charge in [0.2, 0.25) is 10.0 Å². The molecule has 0 spiro atoms. The normalized spacial score (nSPS) is 12.3. The van der Waals surface area contributed by atoms with Gasteiger partial charge in [-0.15, -0.1) is 0 Å². The molecule has 108 valence electrons. The number of hydrogen-bond donors (Lipinski definition) is 1. The van der Waals surface area contributed by atoms with Gasteiger partial charge in [0, 0.05) is 12.6 Å². The van der Waals surface area contributed by atoms with Crippen molar-refractivity contribution in [2.45, 2.75) is 45.6 Å². The Labute approximate surface area is 116 Å². The van der Waals surface area contributed by atoms with E-state index in [1.807, 2.05) is 20.8 Å². The molecule has 0 amide bonds. The fourth-order valence-corrected chi connectivity index (χ4v) is 3.86. The van der Waals surface area contributed by atoms with Crippen LogP contribution in [0.4, 0.5) is 0 Å². The zero-order chi connectivity index (χ0) is 14.5. The minimum atomic E-state index is -3.29. The van der Waals surface area contributed by atoms with Gasteiger partial charge in [0.25, 0.3) is 0 Å². The molecule has 0 fully saturated rings. The van der Waals surface area contributed by atoms with Gasteiger partial charge in [-0.1, -0.05) is 31.2 Å². The summed E-state index contributed by atoms with van der Waals surface area (Å²) < 4.78 is 26.3. The number of hydrogen-bond acceptors (Lipinski definition) is 3. The Hall–Kier alpha value is -0.910. The maximum absolute atomic E-state index is 12.4. The summed E-state index contributed by atoms with van der Waals surface area (Å²) in [6.07, 6.45) is 0.806. The van der Waals surface area contributed by atoms with Crippen LogP contribution >= 0.6 is 0 Å². The number of aliphatic hydroxyl groups is 1. The lowest BCUT2D eigenvalue weighted by Gasteiger charge is -2.25. The fraction of sp³-hybridized carbons (Fsp3) is 0.571. The van der Waals surface area contributed by atoms with Crippen molar-refractivity contribution in [2.24, 2.45) is 0 Å². The maximum Gasteiger partial charge on any atom is 0.218 e. The van der Waals surface area contributed by atoms with E-state index in [9.17, 15) is 8.42 Å². The largest absolute Gasteiger partial charge is 0.392 e. The van der Waals surface area contributed by atoms with Crippen LogP contribution in [-0.2, 0) is 22.4 Å². The van der Waals surface area contributed by atoms with Crippen LogP contribution in [0.3, 0.4) is 0 Å². The second-order valence-electron chi connectivity index (χ2n) is 4.94. The van der Waals surface area contributed by atoms with Crippen LogP contribution in [0, 0.1) is 0 Å². The van der Waals surface area contributed by atoms with Crippen molar-refractivity contribution in [1.82, 2.24) is 4.31 Å². The smallest absolute Gasteiger partial charge is 0.218 e. The molecule has 0 saturated carbocycles. The van der Waals surface area contributed by atoms with Crippen LogP contribution in [0.5, 0.6) is 0 Å². The molecule has 0 radical (unpaired) electrons. The van der Waals surface area contributed by atoms with Gasteiger partial charge in [0.05, 0.1) is 12.4 Å². The number of aliphatic hydroxyl groups excluding tert-OH is 1. The highest BCUT2D eigenvalue weighted by atomic mass is 32.2. The summed E-state index contributed by atoms with van der Waals surface area (Å²) in [5.74, 6) is 0.0108. The summed E-state index contributed by atoms with van der Waals surface area (Å²) in [6.45, 7) is 6.28. The number of rotatable bonds is 7. The molecule has 0 heterocycles. The summed E-state index contributed by atoms with van der Waals surface area (Å²) >= 11 is 0. The van der Waals surface area contributed by atoms with E-state index in [-0.39, 0.29) is 18.4 Å². The molecule has 0 aliphatic rings. The van der Waals surface area contributed by atoms with Crippen LogP contribution in [0.15, 0.2) is 24.3 Å². The third-order valence-corrected chi connectivity index (χ3v) is 4.95. The molecule has 1 N–H and O–H groups in total. The lowest BCUT2D eigenvalue weighted by Crippen LogP contribution is -2.38. The Bertz CT molecular complexity index is 480. The van der Waals surface area contributed by atoms with Crippen LogP contribution in [0.25, 0.3) is 0 Å². The van der Waals surface area contributed by atoms with Gasteiger partial charge in [-0.2, -0.15) is 4.31 Å². The molecule has 0 aliphatic carbocycles. The third kappa shape index (κ3) is 4.60. The molecule has 0 unspecified atom stereocenters. The quantitative estimate of drug-likeness (QED) is 0.835. The van der Waals surface area contributed by atoms with Gasteiger partial charge in [0.15, 0.2) is 0 Å². The van der Waals surface area contributed by atoms with E-state index in [0.717, 1.165) is 17.5 Å². The lowest BCUT2D eigenvalue weighted by molar-refractivity contribution is 0.282. The second kappa shape index (κ2) is 7.03. The van der Waals surface area contributed by atoms with Gasteiger partial charge >= 0.3 is 0 Å². The monoisotopic (exact) mass is 285 g/mol. The van der Waals surface area contributed by atoms with E-state index in [2.05, 4.69) is 0 Å². The predicted octanol–water partition coefficient (Wildman–Crippen LogP) is 2.13. The fourth-order valence-electron chi connectivity index (χ4n) is 1.97. The van der Waals surface area contributed by atoms with Gasteiger partial charge in [-0.05, 0) is 31.4 Å². The molecule has 4 nitrogen and oxygen atoms in total. The first-order valence-corrected chi connectivity index (χ1v) is 8.19. The summed E-state index contributed by atoms with van der Waals surface area (Å²) in [7, 11) is -3.29. The Balaban J connectivity index is 2.87. The van der Waals surface area contributed by atoms with Gasteiger partial charge in [-0.3, -0.25) is 0 Å². The third-order valence-electron chi connectivity index (χ3n) is 2.93. The van der Waals surface area contributed by atoms with Crippen molar-refractivity contribution in [3.05, 3.63) is 35.4 Å². The Morgan fingerprint density at radius 2 is 1.68 bits per heavy atom. The summed E-state index contributed by atoms with van der Waals surface area (Å²) in [5, 5.41) is 8.97. The zero-order valence-electron chi connectivity index (χ0n) is 11.8. The summed E-state index contributed by atoms with van der Waals surface area (Å²) in [4.78, 5) is 0.